The Bertz CT molecular complexity index is 497. The van der Waals surface area contributed by atoms with Crippen molar-refractivity contribution in [2.75, 3.05) is 26.8 Å². The highest BCUT2D eigenvalue weighted by atomic mass is 127. The Morgan fingerprint density at radius 1 is 1.43 bits per heavy atom. The minimum atomic E-state index is 0. The first-order valence-electron chi connectivity index (χ1n) is 6.76. The molecular weight excluding hydrogens is 405 g/mol. The van der Waals surface area contributed by atoms with Crippen LogP contribution < -0.4 is 20.1 Å². The molecule has 1 aromatic carbocycles. The van der Waals surface area contributed by atoms with Gasteiger partial charge in [0.05, 0.1) is 18.7 Å². The van der Waals surface area contributed by atoms with E-state index in [1.807, 2.05) is 19.1 Å². The van der Waals surface area contributed by atoms with Crippen LogP contribution in [0.2, 0.25) is 5.02 Å². The average molecular weight is 426 g/mol. The Labute approximate surface area is 147 Å². The van der Waals surface area contributed by atoms with Crippen molar-refractivity contribution >= 4 is 41.5 Å². The van der Waals surface area contributed by atoms with Crippen LogP contribution in [0.3, 0.4) is 0 Å². The van der Waals surface area contributed by atoms with Gasteiger partial charge >= 0.3 is 0 Å². The first kappa shape index (κ1) is 18.2. The number of nitrogens with zero attached hydrogens (tertiary/aromatic N) is 1. The minimum absolute atomic E-state index is 0. The summed E-state index contributed by atoms with van der Waals surface area (Å²) in [6, 6.07) is 3.80. The molecule has 0 saturated carbocycles. The molecule has 1 aromatic rings. The molecule has 1 aliphatic rings. The highest BCUT2D eigenvalue weighted by molar-refractivity contribution is 14.0. The van der Waals surface area contributed by atoms with Crippen LogP contribution in [0.25, 0.3) is 0 Å². The van der Waals surface area contributed by atoms with Crippen molar-refractivity contribution in [2.24, 2.45) is 4.99 Å². The summed E-state index contributed by atoms with van der Waals surface area (Å²) in [6.45, 7) is 4.92. The van der Waals surface area contributed by atoms with Gasteiger partial charge in [-0.1, -0.05) is 11.6 Å². The number of hydrogen-bond donors (Lipinski definition) is 2. The normalized spacial score (nSPS) is 13.6. The predicted octanol–water partition coefficient (Wildman–Crippen LogP) is 2.80. The molecule has 0 aliphatic carbocycles. The highest BCUT2D eigenvalue weighted by Gasteiger charge is 2.12. The number of nitrogens with one attached hydrogen (secondary N) is 2. The number of hydrogen-bond acceptors (Lipinski definition) is 5. The summed E-state index contributed by atoms with van der Waals surface area (Å²) >= 11 is 6.23. The molecule has 0 fully saturated rings. The van der Waals surface area contributed by atoms with E-state index < -0.39 is 0 Å². The summed E-state index contributed by atoms with van der Waals surface area (Å²) in [5.41, 5.74) is 1.02. The molecule has 0 saturated heterocycles. The molecular formula is C14H21ClIN3O2. The van der Waals surface area contributed by atoms with Gasteiger partial charge in [-0.05, 0) is 31.0 Å². The summed E-state index contributed by atoms with van der Waals surface area (Å²) in [4.78, 5) is 4.36. The second kappa shape index (κ2) is 9.19. The van der Waals surface area contributed by atoms with Crippen molar-refractivity contribution in [1.29, 1.82) is 0 Å². The van der Waals surface area contributed by atoms with Crippen molar-refractivity contribution in [1.82, 2.24) is 10.6 Å². The van der Waals surface area contributed by atoms with Crippen molar-refractivity contribution in [2.45, 2.75) is 19.9 Å². The van der Waals surface area contributed by atoms with Gasteiger partial charge in [-0.25, -0.2) is 0 Å². The average Bonchev–Trinajstić information content (AvgIpc) is 2.48. The smallest absolute Gasteiger partial charge is 0.191 e. The van der Waals surface area contributed by atoms with Gasteiger partial charge in [0.2, 0.25) is 0 Å². The third-order valence-corrected chi connectivity index (χ3v) is 3.22. The van der Waals surface area contributed by atoms with E-state index in [2.05, 4.69) is 15.6 Å². The Balaban J connectivity index is 0.00000220. The largest absolute Gasteiger partial charge is 0.493 e. The Kier molecular flexibility index (Phi) is 7.95. The van der Waals surface area contributed by atoms with E-state index in [1.165, 1.54) is 0 Å². The molecule has 0 amide bonds. The molecule has 0 radical (unpaired) electrons. The number of methoxy groups -OCH3 is 1. The second-order valence-electron chi connectivity index (χ2n) is 4.41. The number of benzene rings is 1. The Hall–Kier alpha value is -0.890. The van der Waals surface area contributed by atoms with Gasteiger partial charge in [-0.15, -0.1) is 24.0 Å². The Morgan fingerprint density at radius 2 is 2.24 bits per heavy atom. The molecule has 7 heteroatoms. The quantitative estimate of drug-likeness (QED) is 0.713. The zero-order chi connectivity index (χ0) is 14.4. The zero-order valence-electron chi connectivity index (χ0n) is 12.2. The first-order valence-corrected chi connectivity index (χ1v) is 7.13. The summed E-state index contributed by atoms with van der Waals surface area (Å²) in [6.07, 6.45) is 1.08. The van der Waals surface area contributed by atoms with E-state index in [0.717, 1.165) is 31.0 Å². The molecule has 1 heterocycles. The third kappa shape index (κ3) is 5.10. The van der Waals surface area contributed by atoms with Crippen LogP contribution in [-0.4, -0.2) is 32.8 Å². The van der Waals surface area contributed by atoms with Crippen molar-refractivity contribution in [3.05, 3.63) is 22.7 Å². The van der Waals surface area contributed by atoms with Gasteiger partial charge in [0.25, 0.3) is 0 Å². The predicted molar refractivity (Wildman–Crippen MR) is 96.3 cm³/mol. The topological polar surface area (TPSA) is 54.9 Å². The van der Waals surface area contributed by atoms with Crippen LogP contribution in [0.5, 0.6) is 11.5 Å². The lowest BCUT2D eigenvalue weighted by Gasteiger charge is -2.17. The molecule has 0 atom stereocenters. The van der Waals surface area contributed by atoms with E-state index in [0.29, 0.717) is 29.7 Å². The molecule has 1 aliphatic heterocycles. The number of aliphatic imine (C=N–C) groups is 1. The standard InChI is InChI=1S/C14H20ClN3O2.HI/c1-3-20-13-11(15)7-10(8-12(13)19-2)9-18-14-16-5-4-6-17-14;/h7-8H,3-6,9H2,1-2H3,(H2,16,17,18);1H. The minimum Gasteiger partial charge on any atom is -0.493 e. The SMILES string of the molecule is CCOc1c(Cl)cc(CNC2=NCCCN2)cc1OC.I. The number of guanidine groups is 1. The van der Waals surface area contributed by atoms with Gasteiger partial charge in [-0.2, -0.15) is 0 Å². The fourth-order valence-electron chi connectivity index (χ4n) is 2.00. The lowest BCUT2D eigenvalue weighted by molar-refractivity contribution is 0.311. The molecule has 118 valence electrons. The second-order valence-corrected chi connectivity index (χ2v) is 4.81. The monoisotopic (exact) mass is 425 g/mol. The number of halogens is 2. The van der Waals surface area contributed by atoms with E-state index in [1.54, 1.807) is 7.11 Å². The zero-order valence-corrected chi connectivity index (χ0v) is 15.3. The van der Waals surface area contributed by atoms with E-state index in [9.17, 15) is 0 Å². The maximum Gasteiger partial charge on any atom is 0.191 e. The van der Waals surface area contributed by atoms with Gasteiger partial charge < -0.3 is 20.1 Å². The fraction of sp³-hybridized carbons (Fsp3) is 0.500. The summed E-state index contributed by atoms with van der Waals surface area (Å²) in [5.74, 6) is 2.07. The number of rotatable bonds is 5. The van der Waals surface area contributed by atoms with Crippen molar-refractivity contribution in [3.63, 3.8) is 0 Å². The van der Waals surface area contributed by atoms with Crippen LogP contribution in [0.4, 0.5) is 0 Å². The third-order valence-electron chi connectivity index (χ3n) is 2.94. The molecule has 21 heavy (non-hydrogen) atoms. The summed E-state index contributed by atoms with van der Waals surface area (Å²) in [7, 11) is 1.61. The maximum atomic E-state index is 6.23. The maximum absolute atomic E-state index is 6.23. The van der Waals surface area contributed by atoms with Crippen LogP contribution in [0.15, 0.2) is 17.1 Å². The summed E-state index contributed by atoms with van der Waals surface area (Å²) < 4.78 is 10.8. The summed E-state index contributed by atoms with van der Waals surface area (Å²) in [5, 5.41) is 7.02. The van der Waals surface area contributed by atoms with Gasteiger partial charge in [0.15, 0.2) is 17.5 Å². The van der Waals surface area contributed by atoms with Gasteiger partial charge in [0, 0.05) is 19.6 Å². The lowest BCUT2D eigenvalue weighted by Crippen LogP contribution is -2.40. The van der Waals surface area contributed by atoms with Gasteiger partial charge in [-0.3, -0.25) is 4.99 Å². The molecule has 0 bridgehead atoms. The van der Waals surface area contributed by atoms with Crippen molar-refractivity contribution < 1.29 is 9.47 Å². The fourth-order valence-corrected chi connectivity index (χ4v) is 2.28. The van der Waals surface area contributed by atoms with Crippen molar-refractivity contribution in [3.8, 4) is 11.5 Å². The van der Waals surface area contributed by atoms with Crippen LogP contribution in [-0.2, 0) is 6.54 Å². The van der Waals surface area contributed by atoms with Gasteiger partial charge in [0.1, 0.15) is 0 Å². The molecule has 5 nitrogen and oxygen atoms in total. The van der Waals surface area contributed by atoms with Crippen LogP contribution in [0.1, 0.15) is 18.9 Å². The number of ether oxygens (including phenoxy) is 2. The molecule has 2 N–H and O–H groups in total. The highest BCUT2D eigenvalue weighted by Crippen LogP contribution is 2.36. The molecule has 0 unspecified atom stereocenters. The van der Waals surface area contributed by atoms with Crippen LogP contribution in [0, 0.1) is 0 Å². The van der Waals surface area contributed by atoms with Crippen LogP contribution >= 0.6 is 35.6 Å². The molecule has 0 spiro atoms. The molecule has 0 aromatic heterocycles. The van der Waals surface area contributed by atoms with E-state index in [-0.39, 0.29) is 24.0 Å². The van der Waals surface area contributed by atoms with E-state index >= 15 is 0 Å². The first-order chi connectivity index (χ1) is 9.74. The lowest BCUT2D eigenvalue weighted by atomic mass is 10.2. The molecule has 2 rings (SSSR count). The van der Waals surface area contributed by atoms with E-state index in [4.69, 9.17) is 21.1 Å². The Morgan fingerprint density at radius 3 is 2.86 bits per heavy atom.